The number of alkyl halides is 3. The summed E-state index contributed by atoms with van der Waals surface area (Å²) in [6, 6.07) is 5.72. The molecule has 106 valence electrons. The Morgan fingerprint density at radius 3 is 2.68 bits per heavy atom. The maximum Gasteiger partial charge on any atom is 0.387 e. The van der Waals surface area contributed by atoms with Gasteiger partial charge < -0.3 is 10.1 Å². The summed E-state index contributed by atoms with van der Waals surface area (Å²) in [5.74, 6) is 0.0421. The maximum absolute atomic E-state index is 12.1. The van der Waals surface area contributed by atoms with Crippen LogP contribution < -0.4 is 10.1 Å². The third-order valence-corrected chi connectivity index (χ3v) is 3.88. The first-order valence-electron chi connectivity index (χ1n) is 5.87. The normalized spacial score (nSPS) is 12.6. The van der Waals surface area contributed by atoms with Gasteiger partial charge in [0.25, 0.3) is 5.91 Å². The zero-order chi connectivity index (χ0) is 14.4. The summed E-state index contributed by atoms with van der Waals surface area (Å²) < 4.78 is 28.4. The molecule has 1 rings (SSSR count). The average Bonchev–Trinajstić information content (AvgIpc) is 2.34. The number of rotatable bonds is 6. The largest absolute Gasteiger partial charge is 0.435 e. The van der Waals surface area contributed by atoms with Gasteiger partial charge in [0.05, 0.1) is 0 Å². The van der Waals surface area contributed by atoms with Gasteiger partial charge in [-0.3, -0.25) is 4.79 Å². The van der Waals surface area contributed by atoms with Crippen molar-refractivity contribution in [1.82, 2.24) is 5.32 Å². The summed E-state index contributed by atoms with van der Waals surface area (Å²) in [6.07, 6.45) is 0. The van der Waals surface area contributed by atoms with Crippen LogP contribution in [0.2, 0.25) is 0 Å². The zero-order valence-corrected chi connectivity index (χ0v) is 12.3. The molecule has 0 aliphatic carbocycles. The lowest BCUT2D eigenvalue weighted by atomic mass is 10.1. The molecule has 1 aromatic rings. The fraction of sp³-hybridized carbons (Fsp3) is 0.462. The number of hydrogen-bond donors (Lipinski definition) is 1. The molecular weight excluding hydrogens is 320 g/mol. The third-order valence-electron chi connectivity index (χ3n) is 2.50. The Morgan fingerprint density at radius 1 is 1.42 bits per heavy atom. The van der Waals surface area contributed by atoms with E-state index in [1.807, 2.05) is 13.8 Å². The van der Waals surface area contributed by atoms with Crippen LogP contribution in [0, 0.1) is 5.92 Å². The Kier molecular flexibility index (Phi) is 6.21. The summed E-state index contributed by atoms with van der Waals surface area (Å²) in [6.45, 7) is 1.63. The highest BCUT2D eigenvalue weighted by molar-refractivity contribution is 9.09. The molecule has 0 saturated carbocycles. The van der Waals surface area contributed by atoms with Crippen molar-refractivity contribution in [2.45, 2.75) is 25.3 Å². The molecule has 1 amide bonds. The lowest BCUT2D eigenvalue weighted by molar-refractivity contribution is -0.0498. The number of halogens is 3. The number of hydrogen-bond acceptors (Lipinski definition) is 2. The molecule has 0 saturated heterocycles. The van der Waals surface area contributed by atoms with E-state index >= 15 is 0 Å². The molecule has 0 aliphatic rings. The lowest BCUT2D eigenvalue weighted by Gasteiger charge is -2.14. The molecule has 3 nitrogen and oxygen atoms in total. The van der Waals surface area contributed by atoms with E-state index in [0.717, 1.165) is 0 Å². The van der Waals surface area contributed by atoms with Crippen LogP contribution in [0.25, 0.3) is 0 Å². The number of amides is 1. The summed E-state index contributed by atoms with van der Waals surface area (Å²) in [5, 5.41) is 2.73. The Balaban J connectivity index is 2.61. The molecule has 0 radical (unpaired) electrons. The van der Waals surface area contributed by atoms with Gasteiger partial charge >= 0.3 is 6.61 Å². The molecule has 19 heavy (non-hydrogen) atoms. The van der Waals surface area contributed by atoms with Crippen LogP contribution in [0.5, 0.6) is 5.75 Å². The minimum Gasteiger partial charge on any atom is -0.435 e. The van der Waals surface area contributed by atoms with E-state index in [2.05, 4.69) is 26.0 Å². The first-order chi connectivity index (χ1) is 8.90. The molecule has 0 bridgehead atoms. The first-order valence-corrected chi connectivity index (χ1v) is 6.79. The van der Waals surface area contributed by atoms with Crippen molar-refractivity contribution in [1.29, 1.82) is 0 Å². The van der Waals surface area contributed by atoms with Gasteiger partial charge in [0.2, 0.25) is 0 Å². The summed E-state index contributed by atoms with van der Waals surface area (Å²) in [5.41, 5.74) is 0.293. The summed E-state index contributed by atoms with van der Waals surface area (Å²) >= 11 is 3.45. The molecular formula is C13H16BrF2NO2. The molecule has 0 aromatic heterocycles. The van der Waals surface area contributed by atoms with E-state index in [1.165, 1.54) is 18.2 Å². The van der Waals surface area contributed by atoms with Crippen molar-refractivity contribution in [3.8, 4) is 5.75 Å². The van der Waals surface area contributed by atoms with E-state index in [9.17, 15) is 13.6 Å². The molecule has 0 spiro atoms. The second-order valence-corrected chi connectivity index (χ2v) is 5.55. The van der Waals surface area contributed by atoms with Gasteiger partial charge in [-0.2, -0.15) is 8.78 Å². The van der Waals surface area contributed by atoms with E-state index in [4.69, 9.17) is 0 Å². The van der Waals surface area contributed by atoms with Gasteiger partial charge in [-0.05, 0) is 24.1 Å². The quantitative estimate of drug-likeness (QED) is 0.809. The van der Waals surface area contributed by atoms with E-state index in [0.29, 0.717) is 18.0 Å². The molecule has 6 heteroatoms. The third kappa shape index (κ3) is 5.55. The monoisotopic (exact) mass is 335 g/mol. The molecule has 0 heterocycles. The lowest BCUT2D eigenvalue weighted by Crippen LogP contribution is -2.31. The van der Waals surface area contributed by atoms with Gasteiger partial charge in [-0.1, -0.05) is 35.8 Å². The number of ether oxygens (including phenoxy) is 1. The number of benzene rings is 1. The first kappa shape index (κ1) is 15.9. The highest BCUT2D eigenvalue weighted by atomic mass is 79.9. The van der Waals surface area contributed by atoms with E-state index < -0.39 is 6.61 Å². The Labute approximate surface area is 119 Å². The number of carbonyl (C=O) groups excluding carboxylic acids is 1. The Hall–Kier alpha value is -1.17. The maximum atomic E-state index is 12.1. The smallest absolute Gasteiger partial charge is 0.387 e. The van der Waals surface area contributed by atoms with Gasteiger partial charge in [0, 0.05) is 16.9 Å². The molecule has 0 aliphatic heterocycles. The van der Waals surface area contributed by atoms with Gasteiger partial charge in [-0.15, -0.1) is 0 Å². The molecule has 0 fully saturated rings. The average molecular weight is 336 g/mol. The van der Waals surface area contributed by atoms with Crippen LogP contribution in [-0.4, -0.2) is 23.9 Å². The van der Waals surface area contributed by atoms with Crippen molar-refractivity contribution in [3.63, 3.8) is 0 Å². The standard InChI is InChI=1S/C13H16BrF2NO2/c1-8(2)11(14)7-17-12(18)9-4-3-5-10(6-9)19-13(15)16/h3-6,8,11,13H,7H2,1-2H3,(H,17,18). The van der Waals surface area contributed by atoms with Crippen LogP contribution in [0.3, 0.4) is 0 Å². The number of carbonyl (C=O) groups is 1. The van der Waals surface area contributed by atoms with E-state index in [-0.39, 0.29) is 16.5 Å². The highest BCUT2D eigenvalue weighted by Gasteiger charge is 2.13. The van der Waals surface area contributed by atoms with Crippen LogP contribution in [0.4, 0.5) is 8.78 Å². The predicted octanol–water partition coefficient (Wildman–Crippen LogP) is 3.44. The SMILES string of the molecule is CC(C)C(Br)CNC(=O)c1cccc(OC(F)F)c1. The van der Waals surface area contributed by atoms with Crippen molar-refractivity contribution >= 4 is 21.8 Å². The van der Waals surface area contributed by atoms with Crippen molar-refractivity contribution < 1.29 is 18.3 Å². The van der Waals surface area contributed by atoms with Crippen LogP contribution >= 0.6 is 15.9 Å². The van der Waals surface area contributed by atoms with Crippen LogP contribution in [-0.2, 0) is 0 Å². The second kappa shape index (κ2) is 7.43. The Bertz CT molecular complexity index is 427. The number of nitrogens with one attached hydrogen (secondary N) is 1. The topological polar surface area (TPSA) is 38.3 Å². The molecule has 1 atom stereocenters. The fourth-order valence-electron chi connectivity index (χ4n) is 1.34. The molecule has 1 aromatic carbocycles. The van der Waals surface area contributed by atoms with Gasteiger partial charge in [0.1, 0.15) is 5.75 Å². The van der Waals surface area contributed by atoms with Crippen molar-refractivity contribution in [2.75, 3.05) is 6.54 Å². The predicted molar refractivity (Wildman–Crippen MR) is 73.0 cm³/mol. The second-order valence-electron chi connectivity index (χ2n) is 4.38. The minimum absolute atomic E-state index is 0.0260. The molecule has 1 unspecified atom stereocenters. The minimum atomic E-state index is -2.90. The summed E-state index contributed by atoms with van der Waals surface area (Å²) in [7, 11) is 0. The van der Waals surface area contributed by atoms with Gasteiger partial charge in [-0.25, -0.2) is 0 Å². The zero-order valence-electron chi connectivity index (χ0n) is 10.7. The molecule has 1 N–H and O–H groups in total. The van der Waals surface area contributed by atoms with E-state index in [1.54, 1.807) is 6.07 Å². The van der Waals surface area contributed by atoms with Gasteiger partial charge in [0.15, 0.2) is 0 Å². The fourth-order valence-corrected chi connectivity index (χ4v) is 1.50. The Morgan fingerprint density at radius 2 is 2.11 bits per heavy atom. The van der Waals surface area contributed by atoms with Crippen molar-refractivity contribution in [3.05, 3.63) is 29.8 Å². The van der Waals surface area contributed by atoms with Crippen LogP contribution in [0.15, 0.2) is 24.3 Å². The van der Waals surface area contributed by atoms with Crippen LogP contribution in [0.1, 0.15) is 24.2 Å². The highest BCUT2D eigenvalue weighted by Crippen LogP contribution is 2.16. The summed E-state index contributed by atoms with van der Waals surface area (Å²) in [4.78, 5) is 12.0. The van der Waals surface area contributed by atoms with Crippen molar-refractivity contribution in [2.24, 2.45) is 5.92 Å².